The number of rotatable bonds is 4. The number of hydrogen-bond donors (Lipinski definition) is 2. The quantitative estimate of drug-likeness (QED) is 0.837. The summed E-state index contributed by atoms with van der Waals surface area (Å²) in [5, 5.41) is 12.6. The van der Waals surface area contributed by atoms with Crippen molar-refractivity contribution in [2.24, 2.45) is 5.92 Å². The van der Waals surface area contributed by atoms with Crippen LogP contribution in [0.2, 0.25) is 0 Å². The van der Waals surface area contributed by atoms with E-state index in [9.17, 15) is 0 Å². The Morgan fingerprint density at radius 2 is 2.24 bits per heavy atom. The van der Waals surface area contributed by atoms with Crippen LogP contribution in [0.15, 0.2) is 34.8 Å². The molecule has 0 bridgehead atoms. The fourth-order valence-corrected chi connectivity index (χ4v) is 2.64. The number of halogens is 1. The largest absolute Gasteiger partial charge is 0.396 e. The molecule has 0 unspecified atom stereocenters. The van der Waals surface area contributed by atoms with E-state index in [-0.39, 0.29) is 6.61 Å². The smallest absolute Gasteiger partial charge is 0.0494 e. The van der Waals surface area contributed by atoms with Crippen LogP contribution in [0.4, 0.5) is 0 Å². The van der Waals surface area contributed by atoms with Crippen molar-refractivity contribution >= 4 is 15.9 Å². The van der Waals surface area contributed by atoms with Crippen LogP contribution in [-0.2, 0) is 6.54 Å². The Labute approximate surface area is 111 Å². The van der Waals surface area contributed by atoms with E-state index in [0.717, 1.165) is 17.4 Å². The third-order valence-corrected chi connectivity index (χ3v) is 3.76. The fourth-order valence-electron chi connectivity index (χ4n) is 2.16. The summed E-state index contributed by atoms with van der Waals surface area (Å²) < 4.78 is 1.12. The Morgan fingerprint density at radius 3 is 2.88 bits per heavy atom. The Morgan fingerprint density at radius 1 is 1.41 bits per heavy atom. The molecule has 0 radical (unpaired) electrons. The van der Waals surface area contributed by atoms with Crippen molar-refractivity contribution in [1.29, 1.82) is 0 Å². The molecule has 0 saturated carbocycles. The van der Waals surface area contributed by atoms with E-state index in [1.165, 1.54) is 11.1 Å². The molecule has 0 heterocycles. The molecular formula is C14H18BrNO. The predicted octanol–water partition coefficient (Wildman–Crippen LogP) is 2.78. The summed E-state index contributed by atoms with van der Waals surface area (Å²) in [5.74, 6) is 0.332. The van der Waals surface area contributed by atoms with Gasteiger partial charge in [0.2, 0.25) is 0 Å². The molecule has 0 aliphatic heterocycles. The minimum Gasteiger partial charge on any atom is -0.396 e. The van der Waals surface area contributed by atoms with Crippen LogP contribution in [0.5, 0.6) is 0 Å². The highest BCUT2D eigenvalue weighted by Gasteiger charge is 2.17. The third kappa shape index (κ3) is 3.41. The molecular weight excluding hydrogens is 278 g/mol. The van der Waals surface area contributed by atoms with Crippen molar-refractivity contribution in [3.63, 3.8) is 0 Å². The standard InChI is InChI=1S/C14H18BrNO/c1-10-6-13(15)4-3-12(10)8-16-14-5-2-11(7-14)9-17/h2-6,11,14,16-17H,7-9H2,1H3/t11-,14+/m0/s1. The van der Waals surface area contributed by atoms with Gasteiger partial charge in [-0.15, -0.1) is 0 Å². The van der Waals surface area contributed by atoms with Gasteiger partial charge in [-0.2, -0.15) is 0 Å². The van der Waals surface area contributed by atoms with Crippen molar-refractivity contribution < 1.29 is 5.11 Å². The Hall–Kier alpha value is -0.640. The molecule has 1 aromatic carbocycles. The number of hydrogen-bond acceptors (Lipinski definition) is 2. The summed E-state index contributed by atoms with van der Waals surface area (Å²) in [4.78, 5) is 0. The topological polar surface area (TPSA) is 32.3 Å². The van der Waals surface area contributed by atoms with Crippen molar-refractivity contribution in [3.05, 3.63) is 46.0 Å². The Kier molecular flexibility index (Phi) is 4.37. The molecule has 1 aliphatic rings. The highest BCUT2D eigenvalue weighted by atomic mass is 79.9. The van der Waals surface area contributed by atoms with Crippen LogP contribution in [0.3, 0.4) is 0 Å². The SMILES string of the molecule is Cc1cc(Br)ccc1CN[C@@H]1C=C[C@H](CO)C1. The summed E-state index contributed by atoms with van der Waals surface area (Å²) in [6.07, 6.45) is 5.27. The molecule has 2 N–H and O–H groups in total. The molecule has 0 aromatic heterocycles. The number of nitrogens with one attached hydrogen (secondary N) is 1. The molecule has 17 heavy (non-hydrogen) atoms. The maximum atomic E-state index is 9.06. The fraction of sp³-hybridized carbons (Fsp3) is 0.429. The average molecular weight is 296 g/mol. The highest BCUT2D eigenvalue weighted by molar-refractivity contribution is 9.10. The molecule has 1 aliphatic carbocycles. The molecule has 0 amide bonds. The Balaban J connectivity index is 1.88. The molecule has 2 rings (SSSR count). The second-order valence-corrected chi connectivity index (χ2v) is 5.54. The second kappa shape index (κ2) is 5.80. The Bertz CT molecular complexity index is 417. The van der Waals surface area contributed by atoms with E-state index in [1.807, 2.05) is 0 Å². The molecule has 0 saturated heterocycles. The van der Waals surface area contributed by atoms with Gasteiger partial charge in [0.05, 0.1) is 0 Å². The number of aliphatic hydroxyl groups excluding tert-OH is 1. The summed E-state index contributed by atoms with van der Waals surface area (Å²) in [6.45, 7) is 3.26. The van der Waals surface area contributed by atoms with Crippen molar-refractivity contribution in [1.82, 2.24) is 5.32 Å². The lowest BCUT2D eigenvalue weighted by atomic mass is 10.1. The lowest BCUT2D eigenvalue weighted by Gasteiger charge is -2.14. The number of aliphatic hydroxyl groups is 1. The maximum absolute atomic E-state index is 9.06. The first-order valence-electron chi connectivity index (χ1n) is 5.96. The average Bonchev–Trinajstić information content (AvgIpc) is 2.76. The third-order valence-electron chi connectivity index (χ3n) is 3.27. The normalized spacial score (nSPS) is 23.2. The lowest BCUT2D eigenvalue weighted by molar-refractivity contribution is 0.246. The number of benzene rings is 1. The molecule has 2 nitrogen and oxygen atoms in total. The monoisotopic (exact) mass is 295 g/mol. The first-order chi connectivity index (χ1) is 8.19. The van der Waals surface area contributed by atoms with Crippen molar-refractivity contribution in [3.8, 4) is 0 Å². The molecule has 3 heteroatoms. The summed E-state index contributed by atoms with van der Waals surface area (Å²) in [5.41, 5.74) is 2.63. The molecule has 1 aromatic rings. The van der Waals surface area contributed by atoms with Crippen LogP contribution in [-0.4, -0.2) is 17.8 Å². The van der Waals surface area contributed by atoms with Crippen LogP contribution in [0.25, 0.3) is 0 Å². The second-order valence-electron chi connectivity index (χ2n) is 4.62. The van der Waals surface area contributed by atoms with E-state index >= 15 is 0 Å². The van der Waals surface area contributed by atoms with Gasteiger partial charge in [0, 0.05) is 29.6 Å². The number of aryl methyl sites for hydroxylation is 1. The first-order valence-corrected chi connectivity index (χ1v) is 6.76. The van der Waals surface area contributed by atoms with Crippen LogP contribution < -0.4 is 5.32 Å². The van der Waals surface area contributed by atoms with Gasteiger partial charge in [0.25, 0.3) is 0 Å². The van der Waals surface area contributed by atoms with Gasteiger partial charge in [0.15, 0.2) is 0 Å². The van der Waals surface area contributed by atoms with Gasteiger partial charge in [0.1, 0.15) is 0 Å². The summed E-state index contributed by atoms with van der Waals surface area (Å²) in [7, 11) is 0. The maximum Gasteiger partial charge on any atom is 0.0494 e. The zero-order valence-electron chi connectivity index (χ0n) is 9.99. The van der Waals surface area contributed by atoms with Crippen molar-refractivity contribution in [2.45, 2.75) is 25.9 Å². The van der Waals surface area contributed by atoms with Crippen LogP contribution in [0, 0.1) is 12.8 Å². The minimum absolute atomic E-state index is 0.256. The summed E-state index contributed by atoms with van der Waals surface area (Å²) >= 11 is 3.47. The zero-order chi connectivity index (χ0) is 12.3. The molecule has 2 atom stereocenters. The predicted molar refractivity (Wildman–Crippen MR) is 73.8 cm³/mol. The zero-order valence-corrected chi connectivity index (χ0v) is 11.6. The van der Waals surface area contributed by atoms with Gasteiger partial charge in [-0.25, -0.2) is 0 Å². The minimum atomic E-state index is 0.256. The molecule has 0 fully saturated rings. The van der Waals surface area contributed by atoms with E-state index < -0.39 is 0 Å². The van der Waals surface area contributed by atoms with E-state index in [1.54, 1.807) is 0 Å². The van der Waals surface area contributed by atoms with E-state index in [4.69, 9.17) is 5.11 Å². The van der Waals surface area contributed by atoms with Gasteiger partial charge < -0.3 is 10.4 Å². The van der Waals surface area contributed by atoms with Gasteiger partial charge in [-0.3, -0.25) is 0 Å². The van der Waals surface area contributed by atoms with Crippen molar-refractivity contribution in [2.75, 3.05) is 6.61 Å². The van der Waals surface area contributed by atoms with Gasteiger partial charge >= 0.3 is 0 Å². The van der Waals surface area contributed by atoms with Crippen LogP contribution >= 0.6 is 15.9 Å². The van der Waals surface area contributed by atoms with E-state index in [2.05, 4.69) is 58.5 Å². The van der Waals surface area contributed by atoms with Crippen LogP contribution in [0.1, 0.15) is 17.5 Å². The molecule has 92 valence electrons. The van der Waals surface area contributed by atoms with E-state index in [0.29, 0.717) is 12.0 Å². The summed E-state index contributed by atoms with van der Waals surface area (Å²) in [6, 6.07) is 6.76. The highest BCUT2D eigenvalue weighted by Crippen LogP contribution is 2.19. The van der Waals surface area contributed by atoms with Gasteiger partial charge in [-0.05, 0) is 36.6 Å². The first kappa shape index (κ1) is 12.8. The van der Waals surface area contributed by atoms with Gasteiger partial charge in [-0.1, -0.05) is 34.1 Å². The lowest BCUT2D eigenvalue weighted by Crippen LogP contribution is -2.26. The molecule has 0 spiro atoms.